The summed E-state index contributed by atoms with van der Waals surface area (Å²) in [7, 11) is 0. The van der Waals surface area contributed by atoms with Gasteiger partial charge in [-0.15, -0.1) is 11.3 Å². The van der Waals surface area contributed by atoms with Crippen molar-refractivity contribution >= 4 is 39.9 Å². The fraction of sp³-hybridized carbons (Fsp3) is 0.353. The van der Waals surface area contributed by atoms with E-state index >= 15 is 0 Å². The molecule has 1 fully saturated rings. The molecular formula is C17H17ClN4O2S. The Morgan fingerprint density at radius 3 is 2.88 bits per heavy atom. The molecule has 2 N–H and O–H groups in total. The van der Waals surface area contributed by atoms with Gasteiger partial charge in [-0.3, -0.25) is 4.79 Å². The second-order valence-electron chi connectivity index (χ2n) is 6.06. The van der Waals surface area contributed by atoms with Gasteiger partial charge in [0.1, 0.15) is 16.2 Å². The predicted octanol–water partition coefficient (Wildman–Crippen LogP) is 3.42. The van der Waals surface area contributed by atoms with Crippen LogP contribution in [0.2, 0.25) is 5.02 Å². The molecular weight excluding hydrogens is 360 g/mol. The summed E-state index contributed by atoms with van der Waals surface area (Å²) in [5.74, 6) is 0.910. The molecule has 3 aromatic rings. The summed E-state index contributed by atoms with van der Waals surface area (Å²) in [5, 5.41) is 3.21. The van der Waals surface area contributed by atoms with Crippen molar-refractivity contribution in [3.8, 4) is 0 Å². The first-order valence-electron chi connectivity index (χ1n) is 8.14. The lowest BCUT2D eigenvalue weighted by Crippen LogP contribution is -2.38. The van der Waals surface area contributed by atoms with Crippen LogP contribution in [0, 0.1) is 0 Å². The fourth-order valence-corrected chi connectivity index (χ4v) is 3.90. The maximum Gasteiger partial charge on any atom is 0.273 e. The van der Waals surface area contributed by atoms with Gasteiger partial charge in [0.2, 0.25) is 0 Å². The van der Waals surface area contributed by atoms with Crippen LogP contribution in [-0.2, 0) is 6.54 Å². The number of halogens is 1. The van der Waals surface area contributed by atoms with Crippen LogP contribution in [0.15, 0.2) is 28.0 Å². The van der Waals surface area contributed by atoms with E-state index in [9.17, 15) is 4.79 Å². The summed E-state index contributed by atoms with van der Waals surface area (Å²) >= 11 is 7.42. The smallest absolute Gasteiger partial charge is 0.273 e. The third-order valence-electron chi connectivity index (χ3n) is 4.44. The van der Waals surface area contributed by atoms with Gasteiger partial charge in [-0.1, -0.05) is 11.6 Å². The number of oxazole rings is 1. The first kappa shape index (κ1) is 16.5. The molecule has 0 aliphatic carbocycles. The molecule has 8 heteroatoms. The monoisotopic (exact) mass is 376 g/mol. The Hall–Kier alpha value is -1.96. The van der Waals surface area contributed by atoms with E-state index in [-0.39, 0.29) is 11.8 Å². The third kappa shape index (κ3) is 3.27. The fourth-order valence-electron chi connectivity index (χ4n) is 3.09. The van der Waals surface area contributed by atoms with Crippen molar-refractivity contribution in [1.82, 2.24) is 14.9 Å². The second-order valence-corrected chi connectivity index (χ2v) is 7.44. The van der Waals surface area contributed by atoms with E-state index < -0.39 is 0 Å². The summed E-state index contributed by atoms with van der Waals surface area (Å²) in [5.41, 5.74) is 7.57. The van der Waals surface area contributed by atoms with Gasteiger partial charge in [-0.2, -0.15) is 0 Å². The number of amides is 1. The molecule has 0 bridgehead atoms. The lowest BCUT2D eigenvalue weighted by molar-refractivity contribution is 0.0701. The van der Waals surface area contributed by atoms with E-state index in [1.807, 2.05) is 11.0 Å². The van der Waals surface area contributed by atoms with E-state index in [1.54, 1.807) is 17.5 Å². The number of nitrogens with two attached hydrogens (primary N) is 1. The Morgan fingerprint density at radius 1 is 1.36 bits per heavy atom. The molecule has 0 radical (unpaired) electrons. The van der Waals surface area contributed by atoms with Crippen LogP contribution in [0.3, 0.4) is 0 Å². The number of piperidine rings is 1. The van der Waals surface area contributed by atoms with E-state index in [4.69, 9.17) is 21.8 Å². The summed E-state index contributed by atoms with van der Waals surface area (Å²) < 4.78 is 5.86. The Kier molecular flexibility index (Phi) is 4.45. The van der Waals surface area contributed by atoms with Crippen LogP contribution in [0.1, 0.15) is 40.1 Å². The molecule has 0 spiro atoms. The predicted molar refractivity (Wildman–Crippen MR) is 96.9 cm³/mol. The normalized spacial score (nSPS) is 15.8. The van der Waals surface area contributed by atoms with E-state index in [2.05, 4.69) is 9.97 Å². The number of benzene rings is 1. The summed E-state index contributed by atoms with van der Waals surface area (Å²) in [6, 6.07) is 5.44. The molecule has 1 aliphatic heterocycles. The van der Waals surface area contributed by atoms with Gasteiger partial charge in [0, 0.05) is 36.0 Å². The summed E-state index contributed by atoms with van der Waals surface area (Å²) in [4.78, 5) is 23.2. The number of carbonyl (C=O) groups is 1. The second kappa shape index (κ2) is 6.74. The Balaban J connectivity index is 1.44. The van der Waals surface area contributed by atoms with Crippen LogP contribution >= 0.6 is 22.9 Å². The van der Waals surface area contributed by atoms with Crippen LogP contribution in [0.25, 0.3) is 11.1 Å². The molecule has 0 saturated carbocycles. The molecule has 0 atom stereocenters. The number of hydrogen-bond acceptors (Lipinski definition) is 6. The van der Waals surface area contributed by atoms with Gasteiger partial charge < -0.3 is 15.1 Å². The van der Waals surface area contributed by atoms with Crippen molar-refractivity contribution in [2.45, 2.75) is 25.3 Å². The minimum atomic E-state index is -0.0289. The average Bonchev–Trinajstić information content (AvgIpc) is 3.27. The Morgan fingerprint density at radius 2 is 2.16 bits per heavy atom. The molecule has 130 valence electrons. The third-order valence-corrected chi connectivity index (χ3v) is 5.55. The van der Waals surface area contributed by atoms with Crippen molar-refractivity contribution in [2.75, 3.05) is 13.1 Å². The highest BCUT2D eigenvalue weighted by Crippen LogP contribution is 2.31. The van der Waals surface area contributed by atoms with Crippen LogP contribution in [-0.4, -0.2) is 33.9 Å². The zero-order valence-electron chi connectivity index (χ0n) is 13.4. The van der Waals surface area contributed by atoms with Gasteiger partial charge in [0.25, 0.3) is 5.91 Å². The zero-order valence-corrected chi connectivity index (χ0v) is 15.0. The largest absolute Gasteiger partial charge is 0.440 e. The molecule has 3 heterocycles. The van der Waals surface area contributed by atoms with E-state index in [1.165, 1.54) is 11.3 Å². The maximum absolute atomic E-state index is 12.5. The van der Waals surface area contributed by atoms with E-state index in [0.29, 0.717) is 30.4 Å². The first-order chi connectivity index (χ1) is 12.1. The molecule has 1 saturated heterocycles. The zero-order chi connectivity index (χ0) is 17.4. The average molecular weight is 377 g/mol. The van der Waals surface area contributed by atoms with Crippen LogP contribution in [0.4, 0.5) is 0 Å². The van der Waals surface area contributed by atoms with Crippen molar-refractivity contribution in [2.24, 2.45) is 5.73 Å². The van der Waals surface area contributed by atoms with Gasteiger partial charge in [0.15, 0.2) is 11.5 Å². The van der Waals surface area contributed by atoms with Crippen molar-refractivity contribution in [3.63, 3.8) is 0 Å². The van der Waals surface area contributed by atoms with Crippen LogP contribution < -0.4 is 5.73 Å². The number of thiazole rings is 1. The molecule has 2 aromatic heterocycles. The van der Waals surface area contributed by atoms with E-state index in [0.717, 1.165) is 34.8 Å². The lowest BCUT2D eigenvalue weighted by Gasteiger charge is -2.30. The molecule has 1 aromatic carbocycles. The maximum atomic E-state index is 12.5. The Labute approximate surface area is 153 Å². The highest BCUT2D eigenvalue weighted by molar-refractivity contribution is 7.09. The van der Waals surface area contributed by atoms with Gasteiger partial charge in [-0.25, -0.2) is 9.97 Å². The van der Waals surface area contributed by atoms with Crippen molar-refractivity contribution in [1.29, 1.82) is 0 Å². The standard InChI is InChI=1S/C17H17ClN4O2S/c18-11-1-2-14-12(7-11)21-16(24-14)10-3-5-22(6-4-10)17(23)13-9-25-15(8-19)20-13/h1-2,7,9-10H,3-6,8,19H2. The SMILES string of the molecule is NCc1nc(C(=O)N2CCC(c3nc4cc(Cl)ccc4o3)CC2)cs1. The number of hydrogen-bond donors (Lipinski definition) is 1. The topological polar surface area (TPSA) is 85.2 Å². The quantitative estimate of drug-likeness (QED) is 0.757. The van der Waals surface area contributed by atoms with Gasteiger partial charge in [0.05, 0.1) is 0 Å². The van der Waals surface area contributed by atoms with Crippen LogP contribution in [0.5, 0.6) is 0 Å². The molecule has 1 aliphatic rings. The summed E-state index contributed by atoms with van der Waals surface area (Å²) in [6.45, 7) is 1.69. The lowest BCUT2D eigenvalue weighted by atomic mass is 9.96. The molecule has 4 rings (SSSR count). The summed E-state index contributed by atoms with van der Waals surface area (Å²) in [6.07, 6.45) is 1.64. The minimum Gasteiger partial charge on any atom is -0.440 e. The van der Waals surface area contributed by atoms with Crippen molar-refractivity contribution < 1.29 is 9.21 Å². The van der Waals surface area contributed by atoms with Gasteiger partial charge in [-0.05, 0) is 31.0 Å². The number of aromatic nitrogens is 2. The number of likely N-dealkylation sites (tertiary alicyclic amines) is 1. The minimum absolute atomic E-state index is 0.0289. The molecule has 6 nitrogen and oxygen atoms in total. The number of carbonyl (C=O) groups excluding carboxylic acids is 1. The first-order valence-corrected chi connectivity index (χ1v) is 9.39. The number of rotatable bonds is 3. The number of fused-ring (bicyclic) bond motifs is 1. The van der Waals surface area contributed by atoms with Gasteiger partial charge >= 0.3 is 0 Å². The van der Waals surface area contributed by atoms with Crippen molar-refractivity contribution in [3.05, 3.63) is 45.2 Å². The number of nitrogens with zero attached hydrogens (tertiary/aromatic N) is 3. The molecule has 0 unspecified atom stereocenters. The molecule has 1 amide bonds. The highest BCUT2D eigenvalue weighted by atomic mass is 35.5. The Bertz CT molecular complexity index is 914. The highest BCUT2D eigenvalue weighted by Gasteiger charge is 2.28. The molecule has 25 heavy (non-hydrogen) atoms.